The zero-order valence-electron chi connectivity index (χ0n) is 29.2. The molecule has 4 heterocycles. The summed E-state index contributed by atoms with van der Waals surface area (Å²) in [5.74, 6) is 2.44. The number of rotatable bonds is 12. The van der Waals surface area contributed by atoms with Gasteiger partial charge in [0, 0.05) is 44.0 Å². The van der Waals surface area contributed by atoms with Gasteiger partial charge in [-0.1, -0.05) is 105 Å². The van der Waals surface area contributed by atoms with Crippen LogP contribution in [0.1, 0.15) is 64.6 Å². The van der Waals surface area contributed by atoms with Crippen LogP contribution < -0.4 is 16.5 Å². The van der Waals surface area contributed by atoms with Crippen LogP contribution in [0.25, 0.3) is 21.9 Å². The molecule has 2 aromatic heterocycles. The summed E-state index contributed by atoms with van der Waals surface area (Å²) >= 11 is 0. The summed E-state index contributed by atoms with van der Waals surface area (Å²) < 4.78 is 2.46. The summed E-state index contributed by atoms with van der Waals surface area (Å²) in [5, 5.41) is 7.13. The Kier molecular flexibility index (Phi) is 12.1. The van der Waals surface area contributed by atoms with Crippen molar-refractivity contribution in [1.82, 2.24) is 30.3 Å². The van der Waals surface area contributed by atoms with Gasteiger partial charge in [0.1, 0.15) is 11.3 Å². The fraction of sp³-hybridized carbons (Fsp3) is 0.439. The minimum Gasteiger partial charge on any atom is -0.382 e. The molecule has 3 unspecified atom stereocenters. The number of imidazole rings is 1. The Hall–Kier alpha value is -4.11. The number of nitrogen functional groups attached to an aromatic ring is 1. The number of allylic oxidation sites excluding steroid dienone is 11. The number of carbonyl (C=O) groups excluding carboxylic acids is 1. The molecule has 3 aliphatic rings. The number of ketones is 1. The molecule has 0 spiro atoms. The highest BCUT2D eigenvalue weighted by molar-refractivity contribution is 6.06. The second kappa shape index (κ2) is 17.0. The zero-order chi connectivity index (χ0) is 34.0. The Morgan fingerprint density at radius 1 is 0.939 bits per heavy atom. The van der Waals surface area contributed by atoms with Gasteiger partial charge in [-0.05, 0) is 56.6 Å². The number of hydrogen-bond acceptors (Lipinski definition) is 7. The van der Waals surface area contributed by atoms with Gasteiger partial charge in [-0.2, -0.15) is 0 Å². The second-order valence-electron chi connectivity index (χ2n) is 13.7. The van der Waals surface area contributed by atoms with E-state index in [0.29, 0.717) is 17.5 Å². The largest absolute Gasteiger partial charge is 0.382 e. The standard InChI is InChI=1S/C41H53N7O/c1-3-4-23-36-46-38-39(33-20-14-15-21-34(33)45-41(38)42)48(36)29-31-24-27-47(28-25-31)43-26-17-16-22-35-40(49)37(30(2)44-35)32-18-12-10-8-6-5-7-9-11-13-19-32/h5-15,18-21,30-31,35,37,43-44H,3-4,16-17,22-29H2,1-2H3,(H2,42,45)/b6-5-,7-5?,8-6?,9-7-,10-8-,11-9?,12-10?,13-11-,18-12?,19-13?,32-18?,32-19?. The maximum Gasteiger partial charge on any atom is 0.158 e. The predicted octanol–water partition coefficient (Wildman–Crippen LogP) is 7.16. The van der Waals surface area contributed by atoms with E-state index in [1.54, 1.807) is 0 Å². The van der Waals surface area contributed by atoms with E-state index < -0.39 is 0 Å². The van der Waals surface area contributed by atoms with Crippen molar-refractivity contribution in [2.75, 3.05) is 25.4 Å². The zero-order valence-corrected chi connectivity index (χ0v) is 29.2. The molecule has 258 valence electrons. The molecule has 4 N–H and O–H groups in total. The Labute approximate surface area is 291 Å². The van der Waals surface area contributed by atoms with E-state index >= 15 is 0 Å². The van der Waals surface area contributed by atoms with Crippen molar-refractivity contribution in [2.45, 2.75) is 83.8 Å². The lowest BCUT2D eigenvalue weighted by Crippen LogP contribution is -2.44. The summed E-state index contributed by atoms with van der Waals surface area (Å²) in [5.41, 5.74) is 14.1. The SMILES string of the molecule is CCCCc1nc2c(N)nc3ccccc3c2n1CC1CCN(NCCCCC2NC(C)C(C3=C\C=C/C=C\C=C/C=C\C=C3)C2=O)CC1. The van der Waals surface area contributed by atoms with Crippen LogP contribution in [0.3, 0.4) is 0 Å². The highest BCUT2D eigenvalue weighted by atomic mass is 16.1. The molecule has 3 atom stereocenters. The molecule has 0 radical (unpaired) electrons. The van der Waals surface area contributed by atoms with Crippen LogP contribution in [0.5, 0.6) is 0 Å². The van der Waals surface area contributed by atoms with E-state index in [9.17, 15) is 4.79 Å². The maximum atomic E-state index is 13.5. The van der Waals surface area contributed by atoms with Crippen molar-refractivity contribution in [2.24, 2.45) is 11.8 Å². The van der Waals surface area contributed by atoms with Gasteiger partial charge in [-0.15, -0.1) is 0 Å². The Morgan fingerprint density at radius 3 is 2.45 bits per heavy atom. The molecule has 1 aliphatic carbocycles. The van der Waals surface area contributed by atoms with Gasteiger partial charge >= 0.3 is 0 Å². The van der Waals surface area contributed by atoms with Gasteiger partial charge in [-0.3, -0.25) is 10.2 Å². The van der Waals surface area contributed by atoms with Crippen LogP contribution in [0.2, 0.25) is 0 Å². The van der Waals surface area contributed by atoms with Crippen LogP contribution in [0.15, 0.2) is 96.7 Å². The third-order valence-corrected chi connectivity index (χ3v) is 10.2. The highest BCUT2D eigenvalue weighted by Crippen LogP contribution is 2.32. The van der Waals surface area contributed by atoms with Crippen LogP contribution in [-0.2, 0) is 17.8 Å². The molecular formula is C41H53N7O. The number of nitrogens with two attached hydrogens (primary N) is 1. The van der Waals surface area contributed by atoms with Crippen molar-refractivity contribution < 1.29 is 4.79 Å². The average molecular weight is 660 g/mol. The Balaban J connectivity index is 0.976. The molecular weight excluding hydrogens is 606 g/mol. The molecule has 8 heteroatoms. The molecule has 2 aliphatic heterocycles. The molecule has 2 saturated heterocycles. The van der Waals surface area contributed by atoms with E-state index in [1.807, 2.05) is 66.8 Å². The van der Waals surface area contributed by atoms with Crippen LogP contribution >= 0.6 is 0 Å². The van der Waals surface area contributed by atoms with Gasteiger partial charge in [-0.25, -0.2) is 15.0 Å². The monoisotopic (exact) mass is 659 g/mol. The number of aryl methyl sites for hydroxylation is 1. The topological polar surface area (TPSA) is 101 Å². The number of anilines is 1. The first-order chi connectivity index (χ1) is 24.0. The number of aromatic nitrogens is 3. The molecule has 6 rings (SSSR count). The van der Waals surface area contributed by atoms with Gasteiger partial charge in [0.25, 0.3) is 0 Å². The molecule has 2 fully saturated rings. The summed E-state index contributed by atoms with van der Waals surface area (Å²) in [6.45, 7) is 8.33. The minimum absolute atomic E-state index is 0.0847. The number of fused-ring (bicyclic) bond motifs is 3. The van der Waals surface area contributed by atoms with E-state index in [-0.39, 0.29) is 18.0 Å². The number of hydrazine groups is 1. The second-order valence-corrected chi connectivity index (χ2v) is 13.7. The number of hydrogen-bond donors (Lipinski definition) is 3. The normalized spacial score (nSPS) is 24.9. The number of nitrogens with one attached hydrogen (secondary N) is 2. The van der Waals surface area contributed by atoms with Crippen molar-refractivity contribution in [3.63, 3.8) is 0 Å². The lowest BCUT2D eigenvalue weighted by Gasteiger charge is -2.33. The molecule has 8 nitrogen and oxygen atoms in total. The van der Waals surface area contributed by atoms with E-state index in [4.69, 9.17) is 10.7 Å². The number of carbonyl (C=O) groups is 1. The first-order valence-electron chi connectivity index (χ1n) is 18.4. The first kappa shape index (κ1) is 34.7. The Morgan fingerprint density at radius 2 is 1.67 bits per heavy atom. The molecule has 49 heavy (non-hydrogen) atoms. The van der Waals surface area contributed by atoms with Crippen molar-refractivity contribution >= 4 is 33.5 Å². The number of piperidine rings is 1. The number of unbranched alkanes of at least 4 members (excludes halogenated alkanes) is 2. The molecule has 3 aromatic rings. The molecule has 1 aromatic carbocycles. The smallest absolute Gasteiger partial charge is 0.158 e. The summed E-state index contributed by atoms with van der Waals surface area (Å²) in [7, 11) is 0. The van der Waals surface area contributed by atoms with E-state index in [1.165, 1.54) is 0 Å². The molecule has 0 saturated carbocycles. The van der Waals surface area contributed by atoms with Gasteiger partial charge in [0.05, 0.1) is 23.0 Å². The van der Waals surface area contributed by atoms with Crippen molar-refractivity contribution in [3.8, 4) is 0 Å². The van der Waals surface area contributed by atoms with Crippen molar-refractivity contribution in [1.29, 1.82) is 0 Å². The van der Waals surface area contributed by atoms with Crippen molar-refractivity contribution in [3.05, 3.63) is 102 Å². The number of para-hydroxylation sites is 1. The highest BCUT2D eigenvalue weighted by Gasteiger charge is 2.40. The fourth-order valence-corrected chi connectivity index (χ4v) is 7.55. The minimum atomic E-state index is -0.128. The van der Waals surface area contributed by atoms with Crippen LogP contribution in [0.4, 0.5) is 5.82 Å². The number of Topliss-reactive ketones (excluding diaryl/α,β-unsaturated/α-hetero) is 1. The predicted molar refractivity (Wildman–Crippen MR) is 203 cm³/mol. The number of pyridine rings is 1. The Bertz CT molecular complexity index is 1770. The third-order valence-electron chi connectivity index (χ3n) is 10.2. The quantitative estimate of drug-likeness (QED) is 0.177. The molecule has 0 bridgehead atoms. The lowest BCUT2D eigenvalue weighted by atomic mass is 9.88. The van der Waals surface area contributed by atoms with E-state index in [0.717, 1.165) is 111 Å². The van der Waals surface area contributed by atoms with Crippen LogP contribution in [0, 0.1) is 11.8 Å². The summed E-state index contributed by atoms with van der Waals surface area (Å²) in [6.07, 6.45) is 30.7. The summed E-state index contributed by atoms with van der Waals surface area (Å²) in [4.78, 5) is 23.2. The number of benzene rings is 1. The van der Waals surface area contributed by atoms with E-state index in [2.05, 4.69) is 63.4 Å². The van der Waals surface area contributed by atoms with Gasteiger partial charge in [0.15, 0.2) is 11.6 Å². The molecule has 0 amide bonds. The fourth-order valence-electron chi connectivity index (χ4n) is 7.55. The lowest BCUT2D eigenvalue weighted by molar-refractivity contribution is -0.121. The van der Waals surface area contributed by atoms with Crippen LogP contribution in [-0.4, -0.2) is 57.0 Å². The number of nitrogens with zero attached hydrogens (tertiary/aromatic N) is 4. The third kappa shape index (κ3) is 8.55. The maximum absolute atomic E-state index is 13.5. The summed E-state index contributed by atoms with van der Waals surface area (Å²) in [6, 6.07) is 8.33. The van der Waals surface area contributed by atoms with Gasteiger partial charge in [0.2, 0.25) is 0 Å². The first-order valence-corrected chi connectivity index (χ1v) is 18.4. The van der Waals surface area contributed by atoms with Gasteiger partial charge < -0.3 is 15.6 Å². The average Bonchev–Trinajstić information content (AvgIpc) is 3.60.